The van der Waals surface area contributed by atoms with E-state index in [4.69, 9.17) is 4.74 Å². The summed E-state index contributed by atoms with van der Waals surface area (Å²) in [7, 11) is -3.38. The van der Waals surface area contributed by atoms with Crippen LogP contribution in [0, 0.1) is 0 Å². The number of benzene rings is 2. The minimum atomic E-state index is -4.65. The Morgan fingerprint density at radius 3 is 2.35 bits per heavy atom. The van der Waals surface area contributed by atoms with Gasteiger partial charge in [-0.25, -0.2) is 8.42 Å². The van der Waals surface area contributed by atoms with Crippen molar-refractivity contribution in [2.75, 3.05) is 7.11 Å². The van der Waals surface area contributed by atoms with Crippen LogP contribution >= 0.6 is 0 Å². The summed E-state index contributed by atoms with van der Waals surface area (Å²) in [6.07, 6.45) is 2.77. The van der Waals surface area contributed by atoms with Crippen molar-refractivity contribution in [3.63, 3.8) is 0 Å². The number of rotatable bonds is 5. The largest absolute Gasteiger partial charge is 1.00 e. The molecule has 23 heavy (non-hydrogen) atoms. The molecule has 0 bridgehead atoms. The molecular weight excluding hydrogens is 327 g/mol. The van der Waals surface area contributed by atoms with Crippen LogP contribution in [0.3, 0.4) is 0 Å². The summed E-state index contributed by atoms with van der Waals surface area (Å²) >= 11 is 0. The molecule has 114 valence electrons. The molecule has 0 amide bonds. The third kappa shape index (κ3) is 5.30. The number of allylic oxidation sites excluding steroid dienone is 1. The molecule has 0 saturated carbocycles. The van der Waals surface area contributed by atoms with Crippen molar-refractivity contribution in [1.29, 1.82) is 0 Å². The summed E-state index contributed by atoms with van der Waals surface area (Å²) in [5.41, 5.74) is 0.934. The van der Waals surface area contributed by atoms with Crippen LogP contribution in [0.15, 0.2) is 59.5 Å². The Bertz CT molecular complexity index is 814. The van der Waals surface area contributed by atoms with Crippen molar-refractivity contribution in [3.8, 4) is 5.75 Å². The maximum Gasteiger partial charge on any atom is 1.00 e. The first-order chi connectivity index (χ1) is 10.4. The molecule has 0 spiro atoms. The molecule has 0 aromatic heterocycles. The van der Waals surface area contributed by atoms with Crippen LogP contribution in [0.25, 0.3) is 6.08 Å². The van der Waals surface area contributed by atoms with Crippen LogP contribution in [-0.2, 0) is 10.1 Å². The second-order valence-electron chi connectivity index (χ2n) is 4.43. The maximum absolute atomic E-state index is 11.9. The first-order valence-electron chi connectivity index (χ1n) is 6.33. The van der Waals surface area contributed by atoms with E-state index in [2.05, 4.69) is 0 Å². The van der Waals surface area contributed by atoms with Crippen molar-refractivity contribution < 1.29 is 52.1 Å². The molecule has 0 aliphatic heterocycles. The molecule has 2 aromatic rings. The molecule has 0 radical (unpaired) electrons. The molecular formula is C16H13NaO5S. The SMILES string of the molecule is COc1ccc(/C=C/C(=O)c2ccccc2)cc1S(=O)(=O)[O-].[Na+]. The Balaban J connectivity index is 0.00000264. The van der Waals surface area contributed by atoms with E-state index in [1.807, 2.05) is 0 Å². The van der Waals surface area contributed by atoms with Crippen molar-refractivity contribution in [2.24, 2.45) is 0 Å². The van der Waals surface area contributed by atoms with Gasteiger partial charge in [0, 0.05) is 5.56 Å². The van der Waals surface area contributed by atoms with E-state index in [0.29, 0.717) is 11.1 Å². The molecule has 0 saturated heterocycles. The number of ketones is 1. The normalized spacial score (nSPS) is 11.0. The Kier molecular flexibility index (Phi) is 7.18. The first-order valence-corrected chi connectivity index (χ1v) is 7.74. The fourth-order valence-electron chi connectivity index (χ4n) is 1.86. The zero-order valence-corrected chi connectivity index (χ0v) is 15.5. The monoisotopic (exact) mass is 340 g/mol. The molecule has 0 heterocycles. The Labute approximate surface area is 157 Å². The quantitative estimate of drug-likeness (QED) is 0.317. The standard InChI is InChI=1S/C16H14O5S.Na/c1-21-15-10-8-12(11-16(15)22(18,19)20)7-9-14(17)13-5-3-2-4-6-13;/h2-11H,1H3,(H,18,19,20);/q;+1/p-1/b9-7+;. The Morgan fingerprint density at radius 1 is 1.13 bits per heavy atom. The second kappa shape index (κ2) is 8.42. The van der Waals surface area contributed by atoms with Gasteiger partial charge in [0.25, 0.3) is 0 Å². The molecule has 5 nitrogen and oxygen atoms in total. The van der Waals surface area contributed by atoms with Crippen molar-refractivity contribution in [3.05, 3.63) is 65.7 Å². The molecule has 0 aliphatic rings. The third-order valence-electron chi connectivity index (χ3n) is 2.94. The van der Waals surface area contributed by atoms with Gasteiger partial charge in [-0.1, -0.05) is 42.5 Å². The van der Waals surface area contributed by atoms with Gasteiger partial charge >= 0.3 is 29.6 Å². The van der Waals surface area contributed by atoms with Gasteiger partial charge in [0.05, 0.1) is 12.0 Å². The van der Waals surface area contributed by atoms with Crippen LogP contribution in [0.2, 0.25) is 0 Å². The number of carbonyl (C=O) groups is 1. The van der Waals surface area contributed by atoms with Gasteiger partial charge in [0.1, 0.15) is 15.9 Å². The van der Waals surface area contributed by atoms with E-state index in [9.17, 15) is 17.8 Å². The topological polar surface area (TPSA) is 83.5 Å². The van der Waals surface area contributed by atoms with E-state index < -0.39 is 15.0 Å². The van der Waals surface area contributed by atoms with Crippen molar-refractivity contribution >= 4 is 22.0 Å². The predicted molar refractivity (Wildman–Crippen MR) is 80.8 cm³/mol. The average Bonchev–Trinajstić information content (AvgIpc) is 2.52. The summed E-state index contributed by atoms with van der Waals surface area (Å²) in [6, 6.07) is 12.8. The zero-order valence-electron chi connectivity index (χ0n) is 12.7. The number of carbonyl (C=O) groups excluding carboxylic acids is 1. The number of ether oxygens (including phenoxy) is 1. The fourth-order valence-corrected chi connectivity index (χ4v) is 2.54. The van der Waals surface area contributed by atoms with Crippen LogP contribution in [0.1, 0.15) is 15.9 Å². The van der Waals surface area contributed by atoms with E-state index in [-0.39, 0.29) is 41.1 Å². The predicted octanol–water partition coefficient (Wildman–Crippen LogP) is -0.501. The van der Waals surface area contributed by atoms with Gasteiger partial charge in [-0.15, -0.1) is 0 Å². The van der Waals surface area contributed by atoms with Gasteiger partial charge in [0.15, 0.2) is 5.78 Å². The summed E-state index contributed by atoms with van der Waals surface area (Å²) in [5.74, 6) is -0.246. The van der Waals surface area contributed by atoms with E-state index in [1.54, 1.807) is 36.4 Å². The minimum Gasteiger partial charge on any atom is -0.744 e. The molecule has 0 N–H and O–H groups in total. The molecule has 2 aromatic carbocycles. The summed E-state index contributed by atoms with van der Waals surface area (Å²) in [6.45, 7) is 0. The maximum atomic E-state index is 11.9. The van der Waals surface area contributed by atoms with Gasteiger partial charge in [-0.2, -0.15) is 0 Å². The van der Waals surface area contributed by atoms with E-state index >= 15 is 0 Å². The number of methoxy groups -OCH3 is 1. The van der Waals surface area contributed by atoms with Crippen LogP contribution < -0.4 is 34.3 Å². The Hall–Kier alpha value is -1.44. The second-order valence-corrected chi connectivity index (χ2v) is 5.78. The van der Waals surface area contributed by atoms with Gasteiger partial charge < -0.3 is 9.29 Å². The average molecular weight is 340 g/mol. The van der Waals surface area contributed by atoms with Gasteiger partial charge in [-0.3, -0.25) is 4.79 Å². The smallest absolute Gasteiger partial charge is 0.744 e. The van der Waals surface area contributed by atoms with Crippen LogP contribution in [0.4, 0.5) is 0 Å². The van der Waals surface area contributed by atoms with E-state index in [1.165, 1.54) is 31.4 Å². The zero-order chi connectivity index (χ0) is 16.2. The Morgan fingerprint density at radius 2 is 1.78 bits per heavy atom. The number of hydrogen-bond acceptors (Lipinski definition) is 5. The van der Waals surface area contributed by atoms with Gasteiger partial charge in [0.2, 0.25) is 0 Å². The minimum absolute atomic E-state index is 0. The summed E-state index contributed by atoms with van der Waals surface area (Å²) in [4.78, 5) is 11.5. The summed E-state index contributed by atoms with van der Waals surface area (Å²) in [5, 5.41) is 0. The van der Waals surface area contributed by atoms with Crippen LogP contribution in [-0.4, -0.2) is 25.9 Å². The molecule has 7 heteroatoms. The van der Waals surface area contributed by atoms with Crippen molar-refractivity contribution in [1.82, 2.24) is 0 Å². The summed E-state index contributed by atoms with van der Waals surface area (Å²) < 4.78 is 38.4. The molecule has 2 rings (SSSR count). The molecule has 0 unspecified atom stereocenters. The first kappa shape index (κ1) is 19.6. The molecule has 0 aliphatic carbocycles. The van der Waals surface area contributed by atoms with E-state index in [0.717, 1.165) is 0 Å². The van der Waals surface area contributed by atoms with Crippen LogP contribution in [0.5, 0.6) is 5.75 Å². The molecule has 0 fully saturated rings. The van der Waals surface area contributed by atoms with Crippen molar-refractivity contribution in [2.45, 2.75) is 4.90 Å². The van der Waals surface area contributed by atoms with Gasteiger partial charge in [-0.05, 0) is 23.8 Å². The molecule has 0 atom stereocenters. The number of hydrogen-bond donors (Lipinski definition) is 0. The third-order valence-corrected chi connectivity index (χ3v) is 3.80. The fraction of sp³-hybridized carbons (Fsp3) is 0.0625.